The van der Waals surface area contributed by atoms with Gasteiger partial charge in [-0.2, -0.15) is 0 Å². The first-order valence-corrected chi connectivity index (χ1v) is 7.85. The zero-order valence-corrected chi connectivity index (χ0v) is 12.1. The van der Waals surface area contributed by atoms with E-state index in [4.69, 9.17) is 4.74 Å². The number of aromatic nitrogens is 1. The molecule has 1 fully saturated rings. The lowest BCUT2D eigenvalue weighted by atomic mass is 10.0. The van der Waals surface area contributed by atoms with Crippen LogP contribution in [-0.4, -0.2) is 24.0 Å². The average molecular weight is 284 g/mol. The van der Waals surface area contributed by atoms with Crippen LogP contribution < -0.4 is 10.1 Å². The molecule has 0 bridgehead atoms. The van der Waals surface area contributed by atoms with Crippen LogP contribution in [0.15, 0.2) is 18.2 Å². The monoisotopic (exact) mass is 284 g/mol. The maximum absolute atomic E-state index is 11.6. The first-order valence-electron chi connectivity index (χ1n) is 7.85. The summed E-state index contributed by atoms with van der Waals surface area (Å²) in [4.78, 5) is 15.1. The summed E-state index contributed by atoms with van der Waals surface area (Å²) in [5, 5.41) is 4.29. The lowest BCUT2D eigenvalue weighted by Crippen LogP contribution is -2.26. The van der Waals surface area contributed by atoms with Gasteiger partial charge in [0.25, 0.3) is 0 Å². The summed E-state index contributed by atoms with van der Waals surface area (Å²) in [7, 11) is 0. The highest BCUT2D eigenvalue weighted by molar-refractivity contribution is 5.86. The molecule has 1 aliphatic carbocycles. The predicted molar refractivity (Wildman–Crippen MR) is 81.6 cm³/mol. The number of carbonyl (C=O) groups excluding carboxylic acids is 1. The number of nitrogens with one attached hydrogen (secondary N) is 2. The molecule has 2 N–H and O–H groups in total. The normalized spacial score (nSPS) is 17.3. The number of aromatic amines is 1. The minimum absolute atomic E-state index is 0.219. The van der Waals surface area contributed by atoms with Gasteiger partial charge in [-0.25, -0.2) is 0 Å². The molecule has 2 aromatic rings. The van der Waals surface area contributed by atoms with Gasteiger partial charge in [-0.3, -0.25) is 4.79 Å². The Bertz CT molecular complexity index is 685. The van der Waals surface area contributed by atoms with Crippen LogP contribution in [0, 0.1) is 5.92 Å². The van der Waals surface area contributed by atoms with E-state index in [1.165, 1.54) is 22.2 Å². The number of benzene rings is 1. The fourth-order valence-electron chi connectivity index (χ4n) is 3.07. The molecule has 1 aliphatic heterocycles. The second-order valence-corrected chi connectivity index (χ2v) is 6.07. The van der Waals surface area contributed by atoms with Gasteiger partial charge in [0.2, 0.25) is 5.91 Å². The largest absolute Gasteiger partial charge is 0.493 e. The Morgan fingerprint density at radius 2 is 2.29 bits per heavy atom. The third-order valence-electron chi connectivity index (χ3n) is 4.40. The fourth-order valence-corrected chi connectivity index (χ4v) is 3.07. The highest BCUT2D eigenvalue weighted by Crippen LogP contribution is 2.32. The van der Waals surface area contributed by atoms with Crippen molar-refractivity contribution in [3.63, 3.8) is 0 Å². The van der Waals surface area contributed by atoms with Crippen molar-refractivity contribution in [1.82, 2.24) is 10.3 Å². The SMILES string of the molecule is O=C(NCCc1cc2c3c(ccc2[nH]1)OCCC3)C1CC1. The molecule has 1 aromatic heterocycles. The van der Waals surface area contributed by atoms with E-state index in [2.05, 4.69) is 28.5 Å². The standard InChI is InChI=1S/C17H20N2O2/c20-17(11-3-4-11)18-8-7-12-10-14-13-2-1-9-21-16(13)6-5-15(14)19-12/h5-6,10-11,19H,1-4,7-9H2,(H,18,20). The van der Waals surface area contributed by atoms with E-state index >= 15 is 0 Å². The predicted octanol–water partition coefficient (Wildman–Crippen LogP) is 2.56. The molecular formula is C17H20N2O2. The maximum Gasteiger partial charge on any atom is 0.223 e. The molecule has 0 atom stereocenters. The van der Waals surface area contributed by atoms with Crippen LogP contribution in [0.3, 0.4) is 0 Å². The quantitative estimate of drug-likeness (QED) is 0.906. The molecule has 4 rings (SSSR count). The van der Waals surface area contributed by atoms with Gasteiger partial charge in [0.15, 0.2) is 0 Å². The molecule has 1 aromatic carbocycles. The first kappa shape index (κ1) is 12.7. The van der Waals surface area contributed by atoms with Crippen LogP contribution in [0.25, 0.3) is 10.9 Å². The third kappa shape index (κ3) is 2.50. The Hall–Kier alpha value is -1.97. The van der Waals surface area contributed by atoms with E-state index in [-0.39, 0.29) is 11.8 Å². The molecule has 21 heavy (non-hydrogen) atoms. The van der Waals surface area contributed by atoms with Crippen molar-refractivity contribution in [2.75, 3.05) is 13.2 Å². The summed E-state index contributed by atoms with van der Waals surface area (Å²) < 4.78 is 5.72. The van der Waals surface area contributed by atoms with Crippen LogP contribution in [-0.2, 0) is 17.6 Å². The van der Waals surface area contributed by atoms with Gasteiger partial charge in [0.1, 0.15) is 5.75 Å². The molecule has 2 heterocycles. The Kier molecular flexibility index (Phi) is 3.09. The number of ether oxygens (including phenoxy) is 1. The third-order valence-corrected chi connectivity index (χ3v) is 4.40. The fraction of sp³-hybridized carbons (Fsp3) is 0.471. The molecule has 110 valence electrons. The van der Waals surface area contributed by atoms with Gasteiger partial charge in [0.05, 0.1) is 6.61 Å². The number of rotatable bonds is 4. The lowest BCUT2D eigenvalue weighted by molar-refractivity contribution is -0.122. The van der Waals surface area contributed by atoms with Gasteiger partial charge < -0.3 is 15.0 Å². The number of hydrogen-bond acceptors (Lipinski definition) is 2. The minimum Gasteiger partial charge on any atom is -0.493 e. The van der Waals surface area contributed by atoms with E-state index < -0.39 is 0 Å². The van der Waals surface area contributed by atoms with E-state index in [9.17, 15) is 4.79 Å². The lowest BCUT2D eigenvalue weighted by Gasteiger charge is -2.17. The second kappa shape index (κ2) is 5.10. The van der Waals surface area contributed by atoms with Gasteiger partial charge in [-0.05, 0) is 43.9 Å². The van der Waals surface area contributed by atoms with Crippen LogP contribution in [0.4, 0.5) is 0 Å². The van der Waals surface area contributed by atoms with Crippen LogP contribution >= 0.6 is 0 Å². The first-order chi connectivity index (χ1) is 10.3. The van der Waals surface area contributed by atoms with Crippen molar-refractivity contribution in [2.24, 2.45) is 5.92 Å². The Morgan fingerprint density at radius 3 is 3.14 bits per heavy atom. The topological polar surface area (TPSA) is 54.1 Å². The number of aryl methyl sites for hydroxylation is 1. The van der Waals surface area contributed by atoms with Crippen molar-refractivity contribution in [2.45, 2.75) is 32.1 Å². The zero-order chi connectivity index (χ0) is 14.2. The molecule has 0 saturated heterocycles. The molecule has 1 amide bonds. The van der Waals surface area contributed by atoms with Crippen molar-refractivity contribution in [3.05, 3.63) is 29.5 Å². The highest BCUT2D eigenvalue weighted by atomic mass is 16.5. The number of amides is 1. The van der Waals surface area contributed by atoms with Crippen molar-refractivity contribution < 1.29 is 9.53 Å². The summed E-state index contributed by atoms with van der Waals surface area (Å²) >= 11 is 0. The van der Waals surface area contributed by atoms with Crippen molar-refractivity contribution in [3.8, 4) is 5.75 Å². The molecule has 4 heteroatoms. The molecule has 1 saturated carbocycles. The smallest absolute Gasteiger partial charge is 0.223 e. The van der Waals surface area contributed by atoms with Gasteiger partial charge in [-0.15, -0.1) is 0 Å². The molecule has 2 aliphatic rings. The number of H-pyrrole nitrogens is 1. The van der Waals surface area contributed by atoms with Crippen molar-refractivity contribution in [1.29, 1.82) is 0 Å². The molecular weight excluding hydrogens is 264 g/mol. The van der Waals surface area contributed by atoms with Crippen LogP contribution in [0.2, 0.25) is 0 Å². The number of fused-ring (bicyclic) bond motifs is 3. The van der Waals surface area contributed by atoms with Gasteiger partial charge in [0, 0.05) is 41.0 Å². The Labute approximate surface area is 123 Å². The molecule has 0 radical (unpaired) electrons. The minimum atomic E-state index is 0.219. The maximum atomic E-state index is 11.6. The van der Waals surface area contributed by atoms with Crippen LogP contribution in [0.1, 0.15) is 30.5 Å². The van der Waals surface area contributed by atoms with E-state index in [0.717, 1.165) is 44.5 Å². The summed E-state index contributed by atoms with van der Waals surface area (Å²) in [6.45, 7) is 1.53. The van der Waals surface area contributed by atoms with Crippen molar-refractivity contribution >= 4 is 16.8 Å². The molecule has 0 unspecified atom stereocenters. The van der Waals surface area contributed by atoms with Gasteiger partial charge in [-0.1, -0.05) is 0 Å². The molecule has 4 nitrogen and oxygen atoms in total. The Morgan fingerprint density at radius 1 is 1.38 bits per heavy atom. The Balaban J connectivity index is 1.49. The summed E-state index contributed by atoms with van der Waals surface area (Å²) in [5.41, 5.74) is 3.67. The zero-order valence-electron chi connectivity index (χ0n) is 12.1. The average Bonchev–Trinajstić information content (AvgIpc) is 3.27. The van der Waals surface area contributed by atoms with Crippen LogP contribution in [0.5, 0.6) is 5.75 Å². The van der Waals surface area contributed by atoms with Gasteiger partial charge >= 0.3 is 0 Å². The summed E-state index contributed by atoms with van der Waals surface area (Å²) in [6.07, 6.45) is 5.14. The molecule has 0 spiro atoms. The van der Waals surface area contributed by atoms with E-state index in [1.54, 1.807) is 0 Å². The van der Waals surface area contributed by atoms with E-state index in [1.807, 2.05) is 0 Å². The number of carbonyl (C=O) groups is 1. The second-order valence-electron chi connectivity index (χ2n) is 6.07. The highest BCUT2D eigenvalue weighted by Gasteiger charge is 2.29. The van der Waals surface area contributed by atoms with E-state index in [0.29, 0.717) is 6.54 Å². The summed E-state index contributed by atoms with van der Waals surface area (Å²) in [5.74, 6) is 1.54. The summed E-state index contributed by atoms with van der Waals surface area (Å²) in [6, 6.07) is 6.36. The number of hydrogen-bond donors (Lipinski definition) is 2.